The molecule has 1 fully saturated rings. The van der Waals surface area contributed by atoms with Gasteiger partial charge in [-0.1, -0.05) is 12.1 Å². The van der Waals surface area contributed by atoms with Gasteiger partial charge in [-0.05, 0) is 35.4 Å². The summed E-state index contributed by atoms with van der Waals surface area (Å²) < 4.78 is 13.6. The van der Waals surface area contributed by atoms with Crippen LogP contribution >= 0.6 is 0 Å². The SMILES string of the molecule is O=C(Cc1c[nH]c2ncccc12)N1CCNCC1c1cccc(F)c1. The van der Waals surface area contributed by atoms with Gasteiger partial charge in [-0.3, -0.25) is 4.79 Å². The van der Waals surface area contributed by atoms with E-state index in [1.54, 1.807) is 12.3 Å². The summed E-state index contributed by atoms with van der Waals surface area (Å²) in [7, 11) is 0. The van der Waals surface area contributed by atoms with Crippen LogP contribution in [0.15, 0.2) is 48.8 Å². The molecule has 1 aromatic carbocycles. The first-order valence-corrected chi connectivity index (χ1v) is 8.39. The molecule has 25 heavy (non-hydrogen) atoms. The van der Waals surface area contributed by atoms with Crippen molar-refractivity contribution in [3.8, 4) is 0 Å². The number of nitrogens with zero attached hydrogens (tertiary/aromatic N) is 2. The van der Waals surface area contributed by atoms with Crippen LogP contribution in [-0.4, -0.2) is 40.4 Å². The molecule has 1 saturated heterocycles. The fraction of sp³-hybridized carbons (Fsp3) is 0.263. The second-order valence-corrected chi connectivity index (χ2v) is 6.25. The Bertz CT molecular complexity index is 907. The van der Waals surface area contributed by atoms with E-state index in [0.29, 0.717) is 19.5 Å². The quantitative estimate of drug-likeness (QED) is 0.771. The molecule has 3 heterocycles. The monoisotopic (exact) mass is 338 g/mol. The van der Waals surface area contributed by atoms with Crippen molar-refractivity contribution in [3.63, 3.8) is 0 Å². The van der Waals surface area contributed by atoms with E-state index in [-0.39, 0.29) is 17.8 Å². The van der Waals surface area contributed by atoms with E-state index >= 15 is 0 Å². The van der Waals surface area contributed by atoms with Crippen molar-refractivity contribution in [3.05, 3.63) is 65.7 Å². The van der Waals surface area contributed by atoms with Gasteiger partial charge in [-0.15, -0.1) is 0 Å². The number of piperazine rings is 1. The molecule has 2 N–H and O–H groups in total. The molecule has 0 bridgehead atoms. The van der Waals surface area contributed by atoms with Crippen LogP contribution < -0.4 is 5.32 Å². The summed E-state index contributed by atoms with van der Waals surface area (Å²) in [4.78, 5) is 22.2. The molecule has 1 unspecified atom stereocenters. The third-order valence-electron chi connectivity index (χ3n) is 4.68. The zero-order chi connectivity index (χ0) is 17.2. The normalized spacial score (nSPS) is 17.8. The summed E-state index contributed by atoms with van der Waals surface area (Å²) in [6.07, 6.45) is 3.87. The molecular formula is C19H19FN4O. The maximum absolute atomic E-state index is 13.6. The van der Waals surface area contributed by atoms with Crippen LogP contribution in [0.25, 0.3) is 11.0 Å². The van der Waals surface area contributed by atoms with E-state index in [4.69, 9.17) is 0 Å². The third-order valence-corrected chi connectivity index (χ3v) is 4.68. The molecule has 1 amide bonds. The zero-order valence-corrected chi connectivity index (χ0v) is 13.7. The van der Waals surface area contributed by atoms with Crippen LogP contribution in [0.2, 0.25) is 0 Å². The smallest absolute Gasteiger partial charge is 0.227 e. The van der Waals surface area contributed by atoms with E-state index < -0.39 is 0 Å². The van der Waals surface area contributed by atoms with Gasteiger partial charge in [0.05, 0.1) is 12.5 Å². The van der Waals surface area contributed by atoms with Gasteiger partial charge in [0.2, 0.25) is 5.91 Å². The van der Waals surface area contributed by atoms with Crippen molar-refractivity contribution in [2.45, 2.75) is 12.5 Å². The molecule has 4 rings (SSSR count). The highest BCUT2D eigenvalue weighted by Gasteiger charge is 2.28. The first-order chi connectivity index (χ1) is 12.2. The van der Waals surface area contributed by atoms with Gasteiger partial charge in [-0.25, -0.2) is 9.37 Å². The Morgan fingerprint density at radius 1 is 1.32 bits per heavy atom. The average Bonchev–Trinajstić information content (AvgIpc) is 3.05. The highest BCUT2D eigenvalue weighted by Crippen LogP contribution is 2.25. The first kappa shape index (κ1) is 15.8. The van der Waals surface area contributed by atoms with E-state index in [2.05, 4.69) is 15.3 Å². The van der Waals surface area contributed by atoms with Crippen molar-refractivity contribution < 1.29 is 9.18 Å². The molecule has 1 atom stereocenters. The van der Waals surface area contributed by atoms with Gasteiger partial charge in [0.15, 0.2) is 0 Å². The van der Waals surface area contributed by atoms with Crippen molar-refractivity contribution in [1.82, 2.24) is 20.2 Å². The van der Waals surface area contributed by atoms with Crippen molar-refractivity contribution in [2.75, 3.05) is 19.6 Å². The Kier molecular flexibility index (Phi) is 4.19. The third kappa shape index (κ3) is 3.13. The predicted molar refractivity (Wildman–Crippen MR) is 93.5 cm³/mol. The van der Waals surface area contributed by atoms with Crippen molar-refractivity contribution in [1.29, 1.82) is 0 Å². The minimum absolute atomic E-state index is 0.0421. The molecule has 0 saturated carbocycles. The Morgan fingerprint density at radius 3 is 3.12 bits per heavy atom. The summed E-state index contributed by atoms with van der Waals surface area (Å²) in [6, 6.07) is 10.2. The van der Waals surface area contributed by atoms with Crippen molar-refractivity contribution in [2.24, 2.45) is 0 Å². The van der Waals surface area contributed by atoms with Crippen molar-refractivity contribution >= 4 is 16.9 Å². The minimum atomic E-state index is -0.279. The number of carbonyl (C=O) groups excluding carboxylic acids is 1. The number of pyridine rings is 1. The Hall–Kier alpha value is -2.73. The number of H-pyrrole nitrogens is 1. The molecular weight excluding hydrogens is 319 g/mol. The second kappa shape index (κ2) is 6.64. The number of hydrogen-bond donors (Lipinski definition) is 2. The molecule has 6 heteroatoms. The molecule has 1 aliphatic rings. The second-order valence-electron chi connectivity index (χ2n) is 6.25. The maximum Gasteiger partial charge on any atom is 0.227 e. The number of rotatable bonds is 3. The Morgan fingerprint density at radius 2 is 2.24 bits per heavy atom. The Labute approximate surface area is 144 Å². The van der Waals surface area contributed by atoms with Crippen LogP contribution in [0, 0.1) is 5.82 Å². The lowest BCUT2D eigenvalue weighted by Crippen LogP contribution is -2.49. The van der Waals surface area contributed by atoms with Crippen LogP contribution in [-0.2, 0) is 11.2 Å². The van der Waals surface area contributed by atoms with Gasteiger partial charge in [0.1, 0.15) is 11.5 Å². The summed E-state index contributed by atoms with van der Waals surface area (Å²) >= 11 is 0. The number of amides is 1. The number of nitrogens with one attached hydrogen (secondary N) is 2. The van der Waals surface area contributed by atoms with Crippen LogP contribution in [0.4, 0.5) is 4.39 Å². The molecule has 0 aliphatic carbocycles. The predicted octanol–water partition coefficient (Wildman–Crippen LogP) is 2.42. The van der Waals surface area contributed by atoms with Gasteiger partial charge in [0, 0.05) is 37.4 Å². The molecule has 2 aromatic heterocycles. The highest BCUT2D eigenvalue weighted by atomic mass is 19.1. The van der Waals surface area contributed by atoms with Gasteiger partial charge in [0.25, 0.3) is 0 Å². The number of aromatic nitrogens is 2. The number of halogens is 1. The lowest BCUT2D eigenvalue weighted by Gasteiger charge is -2.36. The molecule has 5 nitrogen and oxygen atoms in total. The summed E-state index contributed by atoms with van der Waals surface area (Å²) in [5, 5.41) is 4.26. The molecule has 3 aromatic rings. The lowest BCUT2D eigenvalue weighted by molar-refractivity contribution is -0.133. The fourth-order valence-electron chi connectivity index (χ4n) is 3.44. The molecule has 0 spiro atoms. The number of benzene rings is 1. The van der Waals surface area contributed by atoms with Crippen LogP contribution in [0.1, 0.15) is 17.2 Å². The maximum atomic E-state index is 13.6. The molecule has 128 valence electrons. The molecule has 1 aliphatic heterocycles. The van der Waals surface area contributed by atoms with E-state index in [1.807, 2.05) is 29.3 Å². The van der Waals surface area contributed by atoms with E-state index in [1.165, 1.54) is 12.1 Å². The topological polar surface area (TPSA) is 61.0 Å². The summed E-state index contributed by atoms with van der Waals surface area (Å²) in [5.74, 6) is -0.237. The summed E-state index contributed by atoms with van der Waals surface area (Å²) in [6.45, 7) is 1.98. The fourth-order valence-corrected chi connectivity index (χ4v) is 3.44. The minimum Gasteiger partial charge on any atom is -0.346 e. The number of aromatic amines is 1. The van der Waals surface area contributed by atoms with Gasteiger partial charge < -0.3 is 15.2 Å². The highest BCUT2D eigenvalue weighted by molar-refractivity contribution is 5.87. The zero-order valence-electron chi connectivity index (χ0n) is 13.7. The largest absolute Gasteiger partial charge is 0.346 e. The van der Waals surface area contributed by atoms with E-state index in [9.17, 15) is 9.18 Å². The van der Waals surface area contributed by atoms with Gasteiger partial charge in [-0.2, -0.15) is 0 Å². The van der Waals surface area contributed by atoms with Crippen LogP contribution in [0.5, 0.6) is 0 Å². The van der Waals surface area contributed by atoms with Gasteiger partial charge >= 0.3 is 0 Å². The van der Waals surface area contributed by atoms with Crippen LogP contribution in [0.3, 0.4) is 0 Å². The lowest BCUT2D eigenvalue weighted by atomic mass is 10.0. The number of hydrogen-bond acceptors (Lipinski definition) is 3. The average molecular weight is 338 g/mol. The first-order valence-electron chi connectivity index (χ1n) is 8.39. The summed E-state index contributed by atoms with van der Waals surface area (Å²) in [5.41, 5.74) is 2.54. The Balaban J connectivity index is 1.59. The standard InChI is InChI=1S/C19H19FN4O/c20-15-4-1-3-13(9-15)17-12-21-7-8-24(17)18(25)10-14-11-23-19-16(14)5-2-6-22-19/h1-6,9,11,17,21H,7-8,10,12H2,(H,22,23). The number of carbonyl (C=O) groups is 1. The number of fused-ring (bicyclic) bond motifs is 1. The molecule has 0 radical (unpaired) electrons. The van der Waals surface area contributed by atoms with E-state index in [0.717, 1.165) is 28.7 Å².